The molecule has 0 radical (unpaired) electrons. The average molecular weight is 303 g/mol. The Kier molecular flexibility index (Phi) is 4.83. The number of benzene rings is 1. The Hall–Kier alpha value is -1.75. The van der Waals surface area contributed by atoms with Gasteiger partial charge in [-0.15, -0.1) is 0 Å². The quantitative estimate of drug-likeness (QED) is 0.843. The highest BCUT2D eigenvalue weighted by molar-refractivity contribution is 5.78. The van der Waals surface area contributed by atoms with Gasteiger partial charge in [0.15, 0.2) is 0 Å². The van der Waals surface area contributed by atoms with Gasteiger partial charge in [-0.2, -0.15) is 0 Å². The van der Waals surface area contributed by atoms with E-state index in [1.54, 1.807) is 7.11 Å². The molecule has 0 spiro atoms. The van der Waals surface area contributed by atoms with Gasteiger partial charge in [0.25, 0.3) is 0 Å². The summed E-state index contributed by atoms with van der Waals surface area (Å²) in [4.78, 5) is 18.9. The summed E-state index contributed by atoms with van der Waals surface area (Å²) >= 11 is 0. The van der Waals surface area contributed by atoms with Gasteiger partial charge in [0.2, 0.25) is 5.91 Å². The number of piperazine rings is 1. The number of likely N-dealkylation sites (tertiary alicyclic amines) is 1. The second-order valence-corrected chi connectivity index (χ2v) is 6.02. The first-order valence-electron chi connectivity index (χ1n) is 8.16. The highest BCUT2D eigenvalue weighted by Gasteiger charge is 2.24. The van der Waals surface area contributed by atoms with Crippen molar-refractivity contribution in [3.63, 3.8) is 0 Å². The molecule has 1 amide bonds. The van der Waals surface area contributed by atoms with E-state index >= 15 is 0 Å². The fourth-order valence-electron chi connectivity index (χ4n) is 3.32. The third kappa shape index (κ3) is 3.35. The number of hydrogen-bond donors (Lipinski definition) is 0. The summed E-state index contributed by atoms with van der Waals surface area (Å²) < 4.78 is 5.43. The Morgan fingerprint density at radius 2 is 1.73 bits per heavy atom. The minimum Gasteiger partial charge on any atom is -0.495 e. The van der Waals surface area contributed by atoms with Crippen LogP contribution >= 0.6 is 0 Å². The molecule has 3 rings (SSSR count). The molecule has 2 saturated heterocycles. The lowest BCUT2D eigenvalue weighted by molar-refractivity contribution is -0.132. The fraction of sp³-hybridized carbons (Fsp3) is 0.588. The Balaban J connectivity index is 1.54. The van der Waals surface area contributed by atoms with Crippen molar-refractivity contribution in [3.8, 4) is 5.75 Å². The van der Waals surface area contributed by atoms with Gasteiger partial charge < -0.3 is 14.5 Å². The Labute approximate surface area is 132 Å². The van der Waals surface area contributed by atoms with Crippen molar-refractivity contribution in [1.29, 1.82) is 0 Å². The molecule has 22 heavy (non-hydrogen) atoms. The first-order chi connectivity index (χ1) is 10.8. The molecule has 2 aliphatic heterocycles. The number of carbonyl (C=O) groups is 1. The summed E-state index contributed by atoms with van der Waals surface area (Å²) in [7, 11) is 1.70. The van der Waals surface area contributed by atoms with Gasteiger partial charge in [-0.25, -0.2) is 0 Å². The number of amides is 1. The van der Waals surface area contributed by atoms with Gasteiger partial charge in [-0.05, 0) is 38.1 Å². The molecule has 0 N–H and O–H groups in total. The van der Waals surface area contributed by atoms with E-state index in [-0.39, 0.29) is 5.91 Å². The van der Waals surface area contributed by atoms with Gasteiger partial charge >= 0.3 is 0 Å². The molecule has 0 atom stereocenters. The molecule has 2 aliphatic rings. The highest BCUT2D eigenvalue weighted by atomic mass is 16.5. The van der Waals surface area contributed by atoms with E-state index in [4.69, 9.17) is 4.74 Å². The van der Waals surface area contributed by atoms with Gasteiger partial charge in [-0.1, -0.05) is 12.1 Å². The topological polar surface area (TPSA) is 36.0 Å². The van der Waals surface area contributed by atoms with Gasteiger partial charge in [0.05, 0.1) is 19.3 Å². The molecular weight excluding hydrogens is 278 g/mol. The fourth-order valence-corrected chi connectivity index (χ4v) is 3.32. The maximum absolute atomic E-state index is 12.4. The van der Waals surface area contributed by atoms with E-state index in [1.165, 1.54) is 12.8 Å². The van der Waals surface area contributed by atoms with Crippen LogP contribution in [0.4, 0.5) is 5.69 Å². The van der Waals surface area contributed by atoms with Crippen LogP contribution in [0.25, 0.3) is 0 Å². The smallest absolute Gasteiger partial charge is 0.236 e. The molecule has 2 heterocycles. The van der Waals surface area contributed by atoms with Crippen LogP contribution in [0.3, 0.4) is 0 Å². The average Bonchev–Trinajstić information content (AvgIpc) is 3.08. The third-order valence-electron chi connectivity index (χ3n) is 4.62. The van der Waals surface area contributed by atoms with Crippen molar-refractivity contribution in [3.05, 3.63) is 24.3 Å². The lowest BCUT2D eigenvalue weighted by Crippen LogP contribution is -2.51. The monoisotopic (exact) mass is 303 g/mol. The van der Waals surface area contributed by atoms with Crippen LogP contribution < -0.4 is 9.64 Å². The lowest BCUT2D eigenvalue weighted by atomic mass is 10.2. The van der Waals surface area contributed by atoms with E-state index in [9.17, 15) is 4.79 Å². The minimum atomic E-state index is 0.279. The van der Waals surface area contributed by atoms with Crippen LogP contribution in [0.2, 0.25) is 0 Å². The summed E-state index contributed by atoms with van der Waals surface area (Å²) in [6.07, 6.45) is 2.46. The summed E-state index contributed by atoms with van der Waals surface area (Å²) in [6, 6.07) is 8.09. The highest BCUT2D eigenvalue weighted by Crippen LogP contribution is 2.28. The lowest BCUT2D eigenvalue weighted by Gasteiger charge is -2.37. The van der Waals surface area contributed by atoms with E-state index in [1.807, 2.05) is 23.1 Å². The maximum Gasteiger partial charge on any atom is 0.236 e. The second kappa shape index (κ2) is 7.01. The zero-order chi connectivity index (χ0) is 15.4. The number of methoxy groups -OCH3 is 1. The van der Waals surface area contributed by atoms with Crippen molar-refractivity contribution in [1.82, 2.24) is 9.80 Å². The van der Waals surface area contributed by atoms with Crippen molar-refractivity contribution in [2.75, 3.05) is 57.8 Å². The second-order valence-electron chi connectivity index (χ2n) is 6.02. The molecule has 5 nitrogen and oxygen atoms in total. The van der Waals surface area contributed by atoms with Crippen molar-refractivity contribution in [2.24, 2.45) is 0 Å². The van der Waals surface area contributed by atoms with Crippen LogP contribution in [0.5, 0.6) is 5.75 Å². The van der Waals surface area contributed by atoms with Crippen LogP contribution in [0.15, 0.2) is 24.3 Å². The van der Waals surface area contributed by atoms with Crippen molar-refractivity contribution >= 4 is 11.6 Å². The molecule has 5 heteroatoms. The van der Waals surface area contributed by atoms with Crippen molar-refractivity contribution in [2.45, 2.75) is 12.8 Å². The number of para-hydroxylation sites is 2. The molecule has 0 aliphatic carbocycles. The number of hydrogen-bond acceptors (Lipinski definition) is 4. The standard InChI is InChI=1S/C17H25N3O2/c1-22-16-7-3-2-6-15(16)19-10-12-20(13-11-19)17(21)14-18-8-4-5-9-18/h2-3,6-7H,4-5,8-14H2,1H3. The summed E-state index contributed by atoms with van der Waals surface area (Å²) in [5.74, 6) is 1.18. The van der Waals surface area contributed by atoms with Crippen LogP contribution in [-0.4, -0.2) is 68.6 Å². The predicted molar refractivity (Wildman–Crippen MR) is 87.5 cm³/mol. The number of anilines is 1. The molecule has 0 unspecified atom stereocenters. The first-order valence-corrected chi connectivity index (χ1v) is 8.16. The van der Waals surface area contributed by atoms with Gasteiger partial charge in [-0.3, -0.25) is 9.69 Å². The third-order valence-corrected chi connectivity index (χ3v) is 4.62. The van der Waals surface area contributed by atoms with Crippen molar-refractivity contribution < 1.29 is 9.53 Å². The normalized spacial score (nSPS) is 19.5. The zero-order valence-electron chi connectivity index (χ0n) is 13.3. The SMILES string of the molecule is COc1ccccc1N1CCN(C(=O)CN2CCCC2)CC1. The molecule has 120 valence electrons. The van der Waals surface area contributed by atoms with Gasteiger partial charge in [0, 0.05) is 26.2 Å². The largest absolute Gasteiger partial charge is 0.495 e. The Bertz CT molecular complexity index is 506. The summed E-state index contributed by atoms with van der Waals surface area (Å²) in [6.45, 7) is 6.07. The molecule has 0 aromatic heterocycles. The van der Waals surface area contributed by atoms with Crippen LogP contribution in [0.1, 0.15) is 12.8 Å². The van der Waals surface area contributed by atoms with E-state index < -0.39 is 0 Å². The molecule has 0 saturated carbocycles. The molecular formula is C17H25N3O2. The first kappa shape index (κ1) is 15.2. The predicted octanol–water partition coefficient (Wildman–Crippen LogP) is 1.44. The summed E-state index contributed by atoms with van der Waals surface area (Å²) in [5, 5.41) is 0. The molecule has 1 aromatic carbocycles. The van der Waals surface area contributed by atoms with Crippen LogP contribution in [-0.2, 0) is 4.79 Å². The number of carbonyl (C=O) groups excluding carboxylic acids is 1. The number of nitrogens with zero attached hydrogens (tertiary/aromatic N) is 3. The van der Waals surface area contributed by atoms with E-state index in [2.05, 4.69) is 15.9 Å². The number of rotatable bonds is 4. The minimum absolute atomic E-state index is 0.279. The zero-order valence-corrected chi connectivity index (χ0v) is 13.3. The Morgan fingerprint density at radius 1 is 1.05 bits per heavy atom. The molecule has 1 aromatic rings. The van der Waals surface area contributed by atoms with E-state index in [0.717, 1.165) is 50.7 Å². The molecule has 0 bridgehead atoms. The van der Waals surface area contributed by atoms with Crippen LogP contribution in [0, 0.1) is 0 Å². The molecule has 2 fully saturated rings. The van der Waals surface area contributed by atoms with Gasteiger partial charge in [0.1, 0.15) is 5.75 Å². The summed E-state index contributed by atoms with van der Waals surface area (Å²) in [5.41, 5.74) is 1.12. The van der Waals surface area contributed by atoms with E-state index in [0.29, 0.717) is 6.54 Å². The maximum atomic E-state index is 12.4. The number of ether oxygens (including phenoxy) is 1. The Morgan fingerprint density at radius 3 is 2.41 bits per heavy atom.